The van der Waals surface area contributed by atoms with E-state index >= 15 is 0 Å². The molecule has 1 aliphatic rings. The Morgan fingerprint density at radius 2 is 1.82 bits per heavy atom. The number of ketones is 1. The van der Waals surface area contributed by atoms with Crippen LogP contribution in [0.3, 0.4) is 0 Å². The van der Waals surface area contributed by atoms with Crippen molar-refractivity contribution in [1.82, 2.24) is 0 Å². The van der Waals surface area contributed by atoms with Crippen molar-refractivity contribution in [3.63, 3.8) is 0 Å². The highest BCUT2D eigenvalue weighted by atomic mass is 32.1. The molecular weight excluding hydrogens is 376 g/mol. The van der Waals surface area contributed by atoms with Gasteiger partial charge in [0.15, 0.2) is 5.78 Å². The van der Waals surface area contributed by atoms with Crippen LogP contribution >= 0.6 is 11.3 Å². The Kier molecular flexibility index (Phi) is 6.26. The number of thiophene rings is 1. The number of carbonyl (C=O) groups excluding carboxylic acids is 3. The van der Waals surface area contributed by atoms with E-state index in [4.69, 9.17) is 4.74 Å². The van der Waals surface area contributed by atoms with Gasteiger partial charge in [-0.1, -0.05) is 12.1 Å². The topological polar surface area (TPSA) is 76.9 Å². The Morgan fingerprint density at radius 3 is 2.43 bits per heavy atom. The fraction of sp³-hybridized carbons (Fsp3) is 0.381. The first-order valence-electron chi connectivity index (χ1n) is 9.52. The fourth-order valence-electron chi connectivity index (χ4n) is 3.38. The fourth-order valence-corrected chi connectivity index (χ4v) is 4.68. The van der Waals surface area contributed by atoms with Crippen molar-refractivity contribution in [2.75, 3.05) is 25.0 Å². The van der Waals surface area contributed by atoms with Gasteiger partial charge in [0, 0.05) is 17.5 Å². The molecule has 2 aromatic rings. The van der Waals surface area contributed by atoms with E-state index in [-0.39, 0.29) is 24.3 Å². The van der Waals surface area contributed by atoms with Crippen LogP contribution in [-0.2, 0) is 17.7 Å². The predicted octanol–water partition coefficient (Wildman–Crippen LogP) is 2.34. The number of esters is 1. The molecule has 0 aliphatic carbocycles. The molecule has 1 amide bonds. The quantitative estimate of drug-likeness (QED) is 0.575. The third-order valence-corrected chi connectivity index (χ3v) is 6.14. The second-order valence-corrected chi connectivity index (χ2v) is 7.90. The lowest BCUT2D eigenvalue weighted by Crippen LogP contribution is -3.11. The van der Waals surface area contributed by atoms with Crippen molar-refractivity contribution >= 4 is 34.0 Å². The number of amides is 1. The molecule has 0 bridgehead atoms. The minimum absolute atomic E-state index is 0.0505. The van der Waals surface area contributed by atoms with Crippen molar-refractivity contribution in [3.8, 4) is 0 Å². The molecule has 2 N–H and O–H groups in total. The second-order valence-electron chi connectivity index (χ2n) is 6.80. The number of quaternary nitrogens is 1. The number of hydrogen-bond acceptors (Lipinski definition) is 5. The van der Waals surface area contributed by atoms with Gasteiger partial charge in [-0.3, -0.25) is 9.59 Å². The van der Waals surface area contributed by atoms with Gasteiger partial charge in [0.1, 0.15) is 11.5 Å². The van der Waals surface area contributed by atoms with Crippen molar-refractivity contribution in [2.45, 2.75) is 33.7 Å². The molecule has 1 aromatic heterocycles. The summed E-state index contributed by atoms with van der Waals surface area (Å²) in [4.78, 5) is 39.3. The molecule has 6 nitrogen and oxygen atoms in total. The summed E-state index contributed by atoms with van der Waals surface area (Å²) < 4.78 is 5.25. The number of benzene rings is 1. The van der Waals surface area contributed by atoms with Crippen LogP contribution in [0.15, 0.2) is 24.3 Å². The summed E-state index contributed by atoms with van der Waals surface area (Å²) >= 11 is 1.46. The Bertz CT molecular complexity index is 902. The molecule has 1 aromatic carbocycles. The minimum Gasteiger partial charge on any atom is -0.462 e. The van der Waals surface area contributed by atoms with Crippen LogP contribution in [0.2, 0.25) is 0 Å². The minimum atomic E-state index is -0.387. The van der Waals surface area contributed by atoms with Gasteiger partial charge in [-0.05, 0) is 38.5 Å². The molecule has 0 saturated carbocycles. The van der Waals surface area contributed by atoms with Gasteiger partial charge in [-0.15, -0.1) is 11.3 Å². The molecule has 1 atom stereocenters. The lowest BCUT2D eigenvalue weighted by atomic mass is 10.0. The molecule has 7 heteroatoms. The SMILES string of the molecule is CCOC(=O)c1c(NC(=O)c2ccc(C(C)=O)cc2)sc2c1CC[NH+](CC)C2. The standard InChI is InChI=1S/C21H24N2O4S/c1-4-23-11-10-16-17(12-23)28-20(18(16)21(26)27-5-2)22-19(25)15-8-6-14(7-9-15)13(3)24/h6-9H,4-5,10-12H2,1-3H3,(H,22,25)/p+1. The molecule has 0 spiro atoms. The first kappa shape index (κ1) is 20.2. The summed E-state index contributed by atoms with van der Waals surface area (Å²) in [6, 6.07) is 6.50. The van der Waals surface area contributed by atoms with E-state index in [0.29, 0.717) is 21.7 Å². The maximum atomic E-state index is 12.7. The Labute approximate surface area is 168 Å². The molecule has 0 fully saturated rings. The summed E-state index contributed by atoms with van der Waals surface area (Å²) in [6.45, 7) is 8.53. The number of hydrogen-bond donors (Lipinski definition) is 2. The van der Waals surface area contributed by atoms with Crippen LogP contribution in [0.25, 0.3) is 0 Å². The zero-order valence-electron chi connectivity index (χ0n) is 16.4. The summed E-state index contributed by atoms with van der Waals surface area (Å²) in [5.41, 5.74) is 2.48. The average Bonchev–Trinajstić information content (AvgIpc) is 3.04. The highest BCUT2D eigenvalue weighted by Crippen LogP contribution is 2.35. The molecule has 1 aliphatic heterocycles. The highest BCUT2D eigenvalue weighted by Gasteiger charge is 2.31. The van der Waals surface area contributed by atoms with E-state index in [1.54, 1.807) is 31.2 Å². The number of Topliss-reactive ketones (excluding diaryl/α,β-unsaturated/α-hetero) is 1. The number of rotatable bonds is 6. The largest absolute Gasteiger partial charge is 0.462 e. The maximum Gasteiger partial charge on any atom is 0.341 e. The van der Waals surface area contributed by atoms with E-state index < -0.39 is 0 Å². The number of nitrogens with one attached hydrogen (secondary N) is 2. The van der Waals surface area contributed by atoms with Gasteiger partial charge >= 0.3 is 5.97 Å². The van der Waals surface area contributed by atoms with E-state index in [1.165, 1.54) is 23.2 Å². The van der Waals surface area contributed by atoms with Gasteiger partial charge in [-0.2, -0.15) is 0 Å². The number of carbonyl (C=O) groups is 3. The van der Waals surface area contributed by atoms with Crippen LogP contribution in [-0.4, -0.2) is 37.4 Å². The second kappa shape index (κ2) is 8.67. The molecule has 28 heavy (non-hydrogen) atoms. The Morgan fingerprint density at radius 1 is 1.14 bits per heavy atom. The normalized spacial score (nSPS) is 15.6. The van der Waals surface area contributed by atoms with Crippen LogP contribution < -0.4 is 10.2 Å². The average molecular weight is 402 g/mol. The monoisotopic (exact) mass is 401 g/mol. The Balaban J connectivity index is 1.90. The number of anilines is 1. The smallest absolute Gasteiger partial charge is 0.341 e. The summed E-state index contributed by atoms with van der Waals surface area (Å²) in [5.74, 6) is -0.744. The zero-order valence-corrected chi connectivity index (χ0v) is 17.2. The third kappa shape index (κ3) is 4.15. The van der Waals surface area contributed by atoms with Crippen molar-refractivity contribution < 1.29 is 24.0 Å². The van der Waals surface area contributed by atoms with Crippen molar-refractivity contribution in [2.24, 2.45) is 0 Å². The first-order valence-corrected chi connectivity index (χ1v) is 10.3. The lowest BCUT2D eigenvalue weighted by Gasteiger charge is -2.22. The zero-order chi connectivity index (χ0) is 20.3. The number of ether oxygens (including phenoxy) is 1. The summed E-state index contributed by atoms with van der Waals surface area (Å²) in [6.07, 6.45) is 0.798. The highest BCUT2D eigenvalue weighted by molar-refractivity contribution is 7.17. The van der Waals surface area contributed by atoms with E-state index in [9.17, 15) is 14.4 Å². The Hall–Kier alpha value is -2.51. The molecule has 3 rings (SSSR count). The van der Waals surface area contributed by atoms with Gasteiger partial charge in [0.05, 0.1) is 30.1 Å². The number of likely N-dealkylation sites (N-methyl/N-ethyl adjacent to an activating group) is 1. The lowest BCUT2D eigenvalue weighted by molar-refractivity contribution is -0.913. The van der Waals surface area contributed by atoms with Gasteiger partial charge in [0.2, 0.25) is 0 Å². The molecule has 1 unspecified atom stereocenters. The molecule has 148 valence electrons. The van der Waals surface area contributed by atoms with Crippen molar-refractivity contribution in [3.05, 3.63) is 51.4 Å². The number of fused-ring (bicyclic) bond motifs is 1. The van der Waals surface area contributed by atoms with Gasteiger partial charge in [-0.25, -0.2) is 4.79 Å². The van der Waals surface area contributed by atoms with Crippen LogP contribution in [0, 0.1) is 0 Å². The molecular formula is C21H25N2O4S+. The third-order valence-electron chi connectivity index (χ3n) is 4.99. The summed E-state index contributed by atoms with van der Waals surface area (Å²) in [5, 5.41) is 3.43. The maximum absolute atomic E-state index is 12.7. The molecule has 0 radical (unpaired) electrons. The van der Waals surface area contributed by atoms with Gasteiger partial charge < -0.3 is 15.0 Å². The van der Waals surface area contributed by atoms with E-state index in [2.05, 4.69) is 12.2 Å². The predicted molar refractivity (Wildman–Crippen MR) is 108 cm³/mol. The first-order chi connectivity index (χ1) is 13.4. The molecule has 2 heterocycles. The van der Waals surface area contributed by atoms with Crippen LogP contribution in [0.1, 0.15) is 62.3 Å². The van der Waals surface area contributed by atoms with Crippen LogP contribution in [0.5, 0.6) is 0 Å². The van der Waals surface area contributed by atoms with Gasteiger partial charge in [0.25, 0.3) is 5.91 Å². The van der Waals surface area contributed by atoms with Crippen molar-refractivity contribution in [1.29, 1.82) is 0 Å². The van der Waals surface area contributed by atoms with E-state index in [0.717, 1.165) is 36.5 Å². The van der Waals surface area contributed by atoms with Crippen LogP contribution in [0.4, 0.5) is 5.00 Å². The van der Waals surface area contributed by atoms with E-state index in [1.807, 2.05) is 0 Å². The molecule has 0 saturated heterocycles. The summed E-state index contributed by atoms with van der Waals surface area (Å²) in [7, 11) is 0.